The molecule has 2 aromatic heterocycles. The third kappa shape index (κ3) is 4.24. The molecular formula is C21H19F2N3OS. The zero-order chi connectivity index (χ0) is 20.1. The zero-order valence-corrected chi connectivity index (χ0v) is 16.4. The smallest absolute Gasteiger partial charge is 0.156 e. The van der Waals surface area contributed by atoms with Crippen LogP contribution in [0, 0.1) is 17.7 Å². The highest BCUT2D eigenvalue weighted by atomic mass is 32.2. The first-order chi connectivity index (χ1) is 13.5. The average Bonchev–Trinajstić information content (AvgIpc) is 3.13. The molecule has 0 aliphatic rings. The maximum absolute atomic E-state index is 13.7. The summed E-state index contributed by atoms with van der Waals surface area (Å²) in [5.74, 6) is 5.72. The van der Waals surface area contributed by atoms with Crippen LogP contribution >= 0.6 is 12.1 Å². The van der Waals surface area contributed by atoms with Crippen molar-refractivity contribution in [2.45, 2.75) is 30.9 Å². The minimum Gasteiger partial charge on any atom is -0.358 e. The van der Waals surface area contributed by atoms with Crippen molar-refractivity contribution in [3.8, 4) is 11.8 Å². The number of benzene rings is 1. The Kier molecular flexibility index (Phi) is 6.12. The van der Waals surface area contributed by atoms with Crippen molar-refractivity contribution in [1.29, 1.82) is 0 Å². The standard InChI is InChI=1S/C21H19F2N3OS/c1-4-10-27-21(3,15-6-5-7-16(22)11-15)9-8-14(2)17-12-24-20-19(17)26-18(28-23)13-25-20/h5-7,11-13H,2,4,10H2,1,3H3,(H,24,25). The Bertz CT molecular complexity index is 1070. The second-order valence-corrected chi connectivity index (χ2v) is 6.88. The van der Waals surface area contributed by atoms with Gasteiger partial charge in [0, 0.05) is 23.9 Å². The molecule has 28 heavy (non-hydrogen) atoms. The van der Waals surface area contributed by atoms with Gasteiger partial charge in [-0.2, -0.15) is 3.89 Å². The number of halogens is 2. The molecule has 0 fully saturated rings. The summed E-state index contributed by atoms with van der Waals surface area (Å²) >= 11 is 0.0241. The Labute approximate surface area is 166 Å². The number of aromatic amines is 1. The van der Waals surface area contributed by atoms with Crippen LogP contribution in [0.2, 0.25) is 0 Å². The van der Waals surface area contributed by atoms with Crippen LogP contribution in [0.15, 0.2) is 48.3 Å². The van der Waals surface area contributed by atoms with Crippen LogP contribution < -0.4 is 0 Å². The van der Waals surface area contributed by atoms with E-state index in [4.69, 9.17) is 4.74 Å². The number of fused-ring (bicyclic) bond motifs is 1. The number of hydrogen-bond acceptors (Lipinski definition) is 4. The highest BCUT2D eigenvalue weighted by Gasteiger charge is 2.25. The molecular weight excluding hydrogens is 380 g/mol. The van der Waals surface area contributed by atoms with Crippen molar-refractivity contribution in [1.82, 2.24) is 15.0 Å². The van der Waals surface area contributed by atoms with Crippen molar-refractivity contribution in [2.75, 3.05) is 6.61 Å². The van der Waals surface area contributed by atoms with Crippen LogP contribution in [0.25, 0.3) is 16.7 Å². The number of aromatic nitrogens is 3. The molecule has 4 nitrogen and oxygen atoms in total. The van der Waals surface area contributed by atoms with Gasteiger partial charge in [-0.3, -0.25) is 0 Å². The van der Waals surface area contributed by atoms with Gasteiger partial charge in [0.15, 0.2) is 11.2 Å². The highest BCUT2D eigenvalue weighted by Crippen LogP contribution is 2.28. The Morgan fingerprint density at radius 2 is 2.25 bits per heavy atom. The predicted octanol–water partition coefficient (Wildman–Crippen LogP) is 5.43. The van der Waals surface area contributed by atoms with Crippen molar-refractivity contribution >= 4 is 28.9 Å². The van der Waals surface area contributed by atoms with E-state index in [0.717, 1.165) is 6.42 Å². The van der Waals surface area contributed by atoms with Crippen LogP contribution in [0.5, 0.6) is 0 Å². The fraction of sp³-hybridized carbons (Fsp3) is 0.238. The molecule has 1 aromatic carbocycles. The van der Waals surface area contributed by atoms with Gasteiger partial charge < -0.3 is 9.72 Å². The molecule has 144 valence electrons. The molecule has 0 radical (unpaired) electrons. The van der Waals surface area contributed by atoms with Crippen molar-refractivity contribution in [3.05, 3.63) is 60.2 Å². The Morgan fingerprint density at radius 3 is 2.96 bits per heavy atom. The van der Waals surface area contributed by atoms with E-state index in [9.17, 15) is 8.28 Å². The summed E-state index contributed by atoms with van der Waals surface area (Å²) < 4.78 is 32.5. The van der Waals surface area contributed by atoms with Crippen molar-refractivity contribution in [3.63, 3.8) is 0 Å². The normalized spacial score (nSPS) is 13.0. The second kappa shape index (κ2) is 8.55. The average molecular weight is 399 g/mol. The molecule has 0 saturated heterocycles. The summed E-state index contributed by atoms with van der Waals surface area (Å²) in [6.45, 7) is 8.27. The van der Waals surface area contributed by atoms with E-state index in [-0.39, 0.29) is 23.0 Å². The summed E-state index contributed by atoms with van der Waals surface area (Å²) in [7, 11) is 0. The first kappa shape index (κ1) is 20.1. The molecule has 0 spiro atoms. The molecule has 0 aliphatic heterocycles. The lowest BCUT2D eigenvalue weighted by Crippen LogP contribution is -2.24. The molecule has 0 saturated carbocycles. The number of rotatable bonds is 6. The Balaban J connectivity index is 1.97. The number of nitrogens with one attached hydrogen (secondary N) is 1. The maximum Gasteiger partial charge on any atom is 0.156 e. The predicted molar refractivity (Wildman–Crippen MR) is 108 cm³/mol. The largest absolute Gasteiger partial charge is 0.358 e. The zero-order valence-electron chi connectivity index (χ0n) is 15.6. The summed E-state index contributed by atoms with van der Waals surface area (Å²) in [6.07, 6.45) is 3.83. The third-order valence-electron chi connectivity index (χ3n) is 4.19. The van der Waals surface area contributed by atoms with Gasteiger partial charge in [0.25, 0.3) is 0 Å². The maximum atomic E-state index is 13.7. The molecule has 3 rings (SSSR count). The van der Waals surface area contributed by atoms with Crippen LogP contribution in [0.1, 0.15) is 31.4 Å². The van der Waals surface area contributed by atoms with Gasteiger partial charge >= 0.3 is 0 Å². The van der Waals surface area contributed by atoms with Gasteiger partial charge in [-0.25, -0.2) is 14.4 Å². The van der Waals surface area contributed by atoms with Gasteiger partial charge in [0.2, 0.25) is 0 Å². The van der Waals surface area contributed by atoms with E-state index in [0.29, 0.717) is 34.5 Å². The quantitative estimate of drug-likeness (QED) is 0.562. The lowest BCUT2D eigenvalue weighted by atomic mass is 9.95. The number of H-pyrrole nitrogens is 1. The van der Waals surface area contributed by atoms with Crippen LogP contribution in [-0.4, -0.2) is 21.6 Å². The van der Waals surface area contributed by atoms with E-state index in [1.54, 1.807) is 25.3 Å². The minimum absolute atomic E-state index is 0.0241. The van der Waals surface area contributed by atoms with Gasteiger partial charge in [-0.15, -0.1) is 0 Å². The van der Waals surface area contributed by atoms with Crippen LogP contribution in [0.4, 0.5) is 8.28 Å². The Hall–Kier alpha value is -2.69. The van der Waals surface area contributed by atoms with Crippen molar-refractivity contribution < 1.29 is 13.0 Å². The second-order valence-electron chi connectivity index (χ2n) is 6.31. The van der Waals surface area contributed by atoms with Gasteiger partial charge in [0.1, 0.15) is 28.5 Å². The molecule has 0 amide bonds. The third-order valence-corrected chi connectivity index (χ3v) is 4.54. The monoisotopic (exact) mass is 399 g/mol. The van der Waals surface area contributed by atoms with Gasteiger partial charge in [0.05, 0.1) is 6.20 Å². The van der Waals surface area contributed by atoms with Gasteiger partial charge in [-0.05, 0) is 31.0 Å². The van der Waals surface area contributed by atoms with Gasteiger partial charge in [-0.1, -0.05) is 37.5 Å². The first-order valence-electron chi connectivity index (χ1n) is 8.72. The SMILES string of the molecule is C=C(C#CC(C)(OCCC)c1cccc(F)c1)c1c[nH]c2ncc(SF)nc12. The van der Waals surface area contributed by atoms with E-state index < -0.39 is 5.60 Å². The molecule has 0 aliphatic carbocycles. The van der Waals surface area contributed by atoms with E-state index >= 15 is 0 Å². The number of ether oxygens (including phenoxy) is 1. The fourth-order valence-corrected chi connectivity index (χ4v) is 2.91. The molecule has 7 heteroatoms. The number of hydrogen-bond donors (Lipinski definition) is 1. The minimum atomic E-state index is -1.00. The molecule has 1 unspecified atom stereocenters. The van der Waals surface area contributed by atoms with Crippen LogP contribution in [-0.2, 0) is 10.3 Å². The van der Waals surface area contributed by atoms with E-state index in [1.807, 2.05) is 6.92 Å². The summed E-state index contributed by atoms with van der Waals surface area (Å²) in [6, 6.07) is 6.19. The number of nitrogens with zero attached hydrogens (tertiary/aromatic N) is 2. The van der Waals surface area contributed by atoms with E-state index in [2.05, 4.69) is 33.4 Å². The lowest BCUT2D eigenvalue weighted by molar-refractivity contribution is 0.0100. The molecule has 1 N–H and O–H groups in total. The molecule has 3 aromatic rings. The first-order valence-corrected chi connectivity index (χ1v) is 9.43. The molecule has 2 heterocycles. The lowest BCUT2D eigenvalue weighted by Gasteiger charge is -2.25. The Morgan fingerprint density at radius 1 is 1.43 bits per heavy atom. The molecule has 1 atom stereocenters. The summed E-state index contributed by atoms with van der Waals surface area (Å²) in [5.41, 5.74) is 1.73. The number of allylic oxidation sites excluding steroid dienone is 1. The molecule has 0 bridgehead atoms. The topological polar surface area (TPSA) is 50.8 Å². The highest BCUT2D eigenvalue weighted by molar-refractivity contribution is 7.94. The summed E-state index contributed by atoms with van der Waals surface area (Å²) in [4.78, 5) is 11.3. The fourth-order valence-electron chi connectivity index (χ4n) is 2.69. The van der Waals surface area contributed by atoms with Crippen molar-refractivity contribution in [2.24, 2.45) is 0 Å². The summed E-state index contributed by atoms with van der Waals surface area (Å²) in [5, 5.41) is 0.157. The van der Waals surface area contributed by atoms with E-state index in [1.165, 1.54) is 18.3 Å². The van der Waals surface area contributed by atoms with Crippen LogP contribution in [0.3, 0.4) is 0 Å².